The predicted molar refractivity (Wildman–Crippen MR) is 92.9 cm³/mol. The minimum atomic E-state index is -0.305. The zero-order valence-electron chi connectivity index (χ0n) is 14.4. The van der Waals surface area contributed by atoms with Crippen LogP contribution < -0.4 is 14.8 Å². The number of anilines is 1. The Hall–Kier alpha value is -3.16. The first-order valence-electron chi connectivity index (χ1n) is 8.22. The summed E-state index contributed by atoms with van der Waals surface area (Å²) in [5.74, 6) is 1.53. The van der Waals surface area contributed by atoms with E-state index in [4.69, 9.17) is 9.47 Å². The van der Waals surface area contributed by atoms with Gasteiger partial charge < -0.3 is 14.8 Å². The van der Waals surface area contributed by atoms with E-state index >= 15 is 0 Å². The molecule has 26 heavy (non-hydrogen) atoms. The number of tetrazole rings is 1. The van der Waals surface area contributed by atoms with E-state index < -0.39 is 0 Å². The van der Waals surface area contributed by atoms with Crippen LogP contribution in [0.1, 0.15) is 29.6 Å². The number of benzene rings is 2. The molecule has 2 heterocycles. The van der Waals surface area contributed by atoms with Crippen LogP contribution in [0.4, 0.5) is 10.3 Å². The zero-order valence-corrected chi connectivity index (χ0v) is 14.4. The predicted octanol–water partition coefficient (Wildman–Crippen LogP) is 2.98. The van der Waals surface area contributed by atoms with Crippen LogP contribution in [0.5, 0.6) is 11.5 Å². The lowest BCUT2D eigenvalue weighted by Gasteiger charge is -2.31. The second-order valence-corrected chi connectivity index (χ2v) is 6.03. The maximum atomic E-state index is 14.4. The lowest BCUT2D eigenvalue weighted by molar-refractivity contribution is 0.353. The largest absolute Gasteiger partial charge is 0.493 e. The molecule has 1 N–H and O–H groups in total. The van der Waals surface area contributed by atoms with Crippen molar-refractivity contribution in [1.29, 1.82) is 0 Å². The molecule has 2 atom stereocenters. The Morgan fingerprint density at radius 2 is 1.92 bits per heavy atom. The molecule has 2 aromatic carbocycles. The molecule has 0 amide bonds. The number of nitrogens with zero attached hydrogens (tertiary/aromatic N) is 4. The molecule has 0 aliphatic carbocycles. The van der Waals surface area contributed by atoms with E-state index in [-0.39, 0.29) is 17.9 Å². The van der Waals surface area contributed by atoms with Gasteiger partial charge in [-0.15, -0.1) is 0 Å². The van der Waals surface area contributed by atoms with Crippen molar-refractivity contribution in [2.24, 2.45) is 0 Å². The molecular formula is C18H18FN5O2. The number of halogens is 1. The normalized spacial score (nSPS) is 18.7. The highest BCUT2D eigenvalue weighted by molar-refractivity contribution is 5.46. The van der Waals surface area contributed by atoms with Gasteiger partial charge >= 0.3 is 0 Å². The molecule has 8 heteroatoms. The van der Waals surface area contributed by atoms with Gasteiger partial charge in [0, 0.05) is 5.56 Å². The quantitative estimate of drug-likeness (QED) is 0.776. The molecule has 0 bridgehead atoms. The first-order chi connectivity index (χ1) is 12.7. The van der Waals surface area contributed by atoms with Gasteiger partial charge in [-0.3, -0.25) is 0 Å². The van der Waals surface area contributed by atoms with Crippen LogP contribution in [-0.4, -0.2) is 34.4 Å². The summed E-state index contributed by atoms with van der Waals surface area (Å²) in [6, 6.07) is 12.0. The van der Waals surface area contributed by atoms with Crippen LogP contribution in [0, 0.1) is 5.82 Å². The average molecular weight is 355 g/mol. The van der Waals surface area contributed by atoms with E-state index in [1.165, 1.54) is 6.07 Å². The number of rotatable bonds is 4. The minimum Gasteiger partial charge on any atom is -0.493 e. The second kappa shape index (κ2) is 6.62. The molecule has 0 saturated carbocycles. The Morgan fingerprint density at radius 3 is 2.69 bits per heavy atom. The zero-order chi connectivity index (χ0) is 18.1. The molecule has 134 valence electrons. The van der Waals surface area contributed by atoms with Gasteiger partial charge in [-0.05, 0) is 40.6 Å². The Labute approximate surface area is 149 Å². The van der Waals surface area contributed by atoms with Gasteiger partial charge in [-0.2, -0.15) is 0 Å². The molecule has 1 aliphatic rings. The molecule has 0 spiro atoms. The molecule has 0 saturated heterocycles. The molecule has 0 fully saturated rings. The number of hydrogen-bond acceptors (Lipinski definition) is 6. The van der Waals surface area contributed by atoms with Gasteiger partial charge in [-0.25, -0.2) is 9.07 Å². The summed E-state index contributed by atoms with van der Waals surface area (Å²) in [4.78, 5) is 0. The number of fused-ring (bicyclic) bond motifs is 1. The summed E-state index contributed by atoms with van der Waals surface area (Å²) < 4.78 is 26.7. The van der Waals surface area contributed by atoms with Crippen LogP contribution >= 0.6 is 0 Å². The van der Waals surface area contributed by atoms with Crippen LogP contribution in [0.2, 0.25) is 0 Å². The maximum Gasteiger partial charge on any atom is 0.243 e. The van der Waals surface area contributed by atoms with Crippen molar-refractivity contribution in [3.63, 3.8) is 0 Å². The van der Waals surface area contributed by atoms with Crippen LogP contribution in [0.3, 0.4) is 0 Å². The van der Waals surface area contributed by atoms with E-state index in [1.807, 2.05) is 24.3 Å². The van der Waals surface area contributed by atoms with Gasteiger partial charge in [0.1, 0.15) is 5.82 Å². The van der Waals surface area contributed by atoms with E-state index in [0.29, 0.717) is 29.4 Å². The van der Waals surface area contributed by atoms with Crippen molar-refractivity contribution in [3.8, 4) is 11.5 Å². The molecule has 0 radical (unpaired) electrons. The summed E-state index contributed by atoms with van der Waals surface area (Å²) in [6.07, 6.45) is 0.592. The lowest BCUT2D eigenvalue weighted by Crippen LogP contribution is -2.28. The van der Waals surface area contributed by atoms with Crippen LogP contribution in [0.15, 0.2) is 42.5 Å². The topological polar surface area (TPSA) is 74.1 Å². The molecule has 1 aromatic heterocycles. The third-order valence-electron chi connectivity index (χ3n) is 4.62. The van der Waals surface area contributed by atoms with E-state index in [1.54, 1.807) is 31.0 Å². The highest BCUT2D eigenvalue weighted by Gasteiger charge is 2.32. The Kier molecular flexibility index (Phi) is 4.16. The average Bonchev–Trinajstić information content (AvgIpc) is 3.16. The van der Waals surface area contributed by atoms with E-state index in [2.05, 4.69) is 20.8 Å². The first kappa shape index (κ1) is 16.3. The smallest absolute Gasteiger partial charge is 0.243 e. The third kappa shape index (κ3) is 2.73. The molecule has 1 aliphatic heterocycles. The molecule has 4 rings (SSSR count). The van der Waals surface area contributed by atoms with Gasteiger partial charge in [-0.1, -0.05) is 29.4 Å². The maximum absolute atomic E-state index is 14.4. The molecular weight excluding hydrogens is 337 g/mol. The minimum absolute atomic E-state index is 0.0992. The number of ether oxygens (including phenoxy) is 2. The fourth-order valence-electron chi connectivity index (χ4n) is 3.33. The van der Waals surface area contributed by atoms with Crippen molar-refractivity contribution in [2.75, 3.05) is 19.5 Å². The lowest BCUT2D eigenvalue weighted by atomic mass is 9.93. The van der Waals surface area contributed by atoms with E-state index in [9.17, 15) is 4.39 Å². The van der Waals surface area contributed by atoms with Gasteiger partial charge in [0.15, 0.2) is 11.5 Å². The Morgan fingerprint density at radius 1 is 1.12 bits per heavy atom. The van der Waals surface area contributed by atoms with Crippen molar-refractivity contribution in [2.45, 2.75) is 18.5 Å². The molecule has 3 aromatic rings. The Bertz CT molecular complexity index is 929. The first-order valence-corrected chi connectivity index (χ1v) is 8.22. The number of aromatic nitrogens is 4. The fourth-order valence-corrected chi connectivity index (χ4v) is 3.33. The third-order valence-corrected chi connectivity index (χ3v) is 4.62. The second-order valence-electron chi connectivity index (χ2n) is 6.03. The van der Waals surface area contributed by atoms with Gasteiger partial charge in [0.25, 0.3) is 0 Å². The summed E-state index contributed by atoms with van der Waals surface area (Å²) in [5.41, 5.74) is 1.55. The van der Waals surface area contributed by atoms with Crippen LogP contribution in [-0.2, 0) is 0 Å². The van der Waals surface area contributed by atoms with Gasteiger partial charge in [0.05, 0.1) is 26.3 Å². The number of methoxy groups -OCH3 is 2. The van der Waals surface area contributed by atoms with Crippen molar-refractivity contribution in [1.82, 2.24) is 20.2 Å². The summed E-state index contributed by atoms with van der Waals surface area (Å²) in [6.45, 7) is 0. The van der Waals surface area contributed by atoms with Crippen molar-refractivity contribution in [3.05, 3.63) is 59.4 Å². The van der Waals surface area contributed by atoms with Gasteiger partial charge in [0.2, 0.25) is 5.95 Å². The summed E-state index contributed by atoms with van der Waals surface area (Å²) >= 11 is 0. The monoisotopic (exact) mass is 355 g/mol. The Balaban J connectivity index is 1.73. The highest BCUT2D eigenvalue weighted by atomic mass is 19.1. The van der Waals surface area contributed by atoms with Crippen molar-refractivity contribution >= 4 is 5.95 Å². The van der Waals surface area contributed by atoms with Crippen molar-refractivity contribution < 1.29 is 13.9 Å². The summed E-state index contributed by atoms with van der Waals surface area (Å²) in [5, 5.41) is 15.1. The molecule has 0 unspecified atom stereocenters. The van der Waals surface area contributed by atoms with Crippen LogP contribution in [0.25, 0.3) is 0 Å². The highest BCUT2D eigenvalue weighted by Crippen LogP contribution is 2.39. The van der Waals surface area contributed by atoms with E-state index in [0.717, 1.165) is 5.56 Å². The number of hydrogen-bond donors (Lipinski definition) is 1. The standard InChI is InChI=1S/C18H18FN5O2/c1-25-16-8-7-11(9-17(16)26-2)14-10-15(12-5-3-4-6-13(12)19)24-18(20-14)21-22-23-24/h3-9,14-15H,10H2,1-2H3,(H,20,21,23)/t14-,15+/m0/s1. The molecule has 7 nitrogen and oxygen atoms in total. The number of nitrogens with one attached hydrogen (secondary N) is 1. The summed E-state index contributed by atoms with van der Waals surface area (Å²) in [7, 11) is 3.19. The SMILES string of the molecule is COc1ccc([C@@H]2C[C@H](c3ccccc3F)n3nnnc3N2)cc1OC. The fraction of sp³-hybridized carbons (Fsp3) is 0.278.